The van der Waals surface area contributed by atoms with Crippen LogP contribution in [0.25, 0.3) is 0 Å². The summed E-state index contributed by atoms with van der Waals surface area (Å²) in [6, 6.07) is 14.6. The predicted octanol–water partition coefficient (Wildman–Crippen LogP) is 3.41. The molecule has 2 aromatic rings. The number of nitrogens with two attached hydrogens (primary N) is 1. The number of methoxy groups -OCH3 is 1. The highest BCUT2D eigenvalue weighted by Crippen LogP contribution is 2.28. The van der Waals surface area contributed by atoms with E-state index in [9.17, 15) is 4.79 Å². The molecule has 0 fully saturated rings. The van der Waals surface area contributed by atoms with Crippen LogP contribution in [0.5, 0.6) is 0 Å². The van der Waals surface area contributed by atoms with Gasteiger partial charge in [0.15, 0.2) is 5.56 Å². The topological polar surface area (TPSA) is 64.3 Å². The van der Waals surface area contributed by atoms with Crippen molar-refractivity contribution in [1.82, 2.24) is 0 Å². The second kappa shape index (κ2) is 6.41. The zero-order valence-electron chi connectivity index (χ0n) is 11.0. The lowest BCUT2D eigenvalue weighted by Gasteiger charge is -2.14. The van der Waals surface area contributed by atoms with Crippen LogP contribution in [0, 0.1) is 0 Å². The third-order valence-electron chi connectivity index (χ3n) is 2.83. The van der Waals surface area contributed by atoms with Gasteiger partial charge in [0.1, 0.15) is 0 Å². The number of nitrogens with one attached hydrogen (secondary N) is 1. The lowest BCUT2D eigenvalue weighted by atomic mass is 10.1. The number of benzene rings is 2. The molecule has 0 bridgehead atoms. The smallest absolute Gasteiger partial charge is 0.250 e. The van der Waals surface area contributed by atoms with E-state index in [1.165, 1.54) is 7.11 Å². The van der Waals surface area contributed by atoms with Gasteiger partial charge in [-0.3, -0.25) is 4.79 Å². The fourth-order valence-electron chi connectivity index (χ4n) is 1.83. The maximum atomic E-state index is 11.5. The van der Waals surface area contributed by atoms with Gasteiger partial charge >= 0.3 is 0 Å². The third-order valence-corrected chi connectivity index (χ3v) is 3.26. The summed E-state index contributed by atoms with van der Waals surface area (Å²) in [5.74, 6) is -0.501. The fourth-order valence-corrected chi connectivity index (χ4v) is 1.97. The Bertz CT molecular complexity index is 602. The summed E-state index contributed by atoms with van der Waals surface area (Å²) < 4.78 is 5.06. The van der Waals surface area contributed by atoms with Crippen molar-refractivity contribution >= 4 is 28.9 Å². The van der Waals surface area contributed by atoms with E-state index in [0.717, 1.165) is 11.3 Å². The second-order valence-corrected chi connectivity index (χ2v) is 4.61. The standard InChI is InChI=1S/C15H15ClN2O2/c1-20-14(16)10-7-8-12(15(17)19)13(9-10)18-11-5-3-2-4-6-11/h2-9,14,18H,1H3,(H2,17,19). The van der Waals surface area contributed by atoms with Gasteiger partial charge in [0, 0.05) is 12.8 Å². The molecule has 0 radical (unpaired) electrons. The van der Waals surface area contributed by atoms with Crippen molar-refractivity contribution in [2.24, 2.45) is 5.73 Å². The summed E-state index contributed by atoms with van der Waals surface area (Å²) in [7, 11) is 1.52. The molecule has 0 aromatic heterocycles. The first-order chi connectivity index (χ1) is 9.61. The van der Waals surface area contributed by atoms with E-state index in [0.29, 0.717) is 11.3 Å². The minimum absolute atomic E-state index is 0.401. The Morgan fingerprint density at radius 3 is 2.55 bits per heavy atom. The molecule has 20 heavy (non-hydrogen) atoms. The van der Waals surface area contributed by atoms with Crippen molar-refractivity contribution in [1.29, 1.82) is 0 Å². The number of anilines is 2. The quantitative estimate of drug-likeness (QED) is 0.829. The first kappa shape index (κ1) is 14.4. The number of hydrogen-bond donors (Lipinski definition) is 2. The molecule has 1 amide bonds. The molecular weight excluding hydrogens is 276 g/mol. The van der Waals surface area contributed by atoms with Crippen LogP contribution >= 0.6 is 11.6 Å². The lowest BCUT2D eigenvalue weighted by molar-refractivity contribution is 0.100. The first-order valence-corrected chi connectivity index (χ1v) is 6.48. The third kappa shape index (κ3) is 3.29. The van der Waals surface area contributed by atoms with Gasteiger partial charge in [0.05, 0.1) is 11.3 Å². The van der Waals surface area contributed by atoms with Crippen LogP contribution in [0.3, 0.4) is 0 Å². The Balaban J connectivity index is 2.39. The van der Waals surface area contributed by atoms with Crippen LogP contribution < -0.4 is 11.1 Å². The minimum Gasteiger partial charge on any atom is -0.366 e. The van der Waals surface area contributed by atoms with Crippen molar-refractivity contribution < 1.29 is 9.53 Å². The number of hydrogen-bond acceptors (Lipinski definition) is 3. The largest absolute Gasteiger partial charge is 0.366 e. The summed E-state index contributed by atoms with van der Waals surface area (Å²) in [4.78, 5) is 11.5. The summed E-state index contributed by atoms with van der Waals surface area (Å²) in [5.41, 5.74) is 7.41. The number of ether oxygens (including phenoxy) is 1. The van der Waals surface area contributed by atoms with Gasteiger partial charge in [-0.05, 0) is 29.8 Å². The molecule has 2 rings (SSSR count). The number of alkyl halides is 1. The Hall–Kier alpha value is -2.04. The molecule has 104 valence electrons. The molecule has 0 spiro atoms. The average molecular weight is 291 g/mol. The number of halogens is 1. The van der Waals surface area contributed by atoms with E-state index >= 15 is 0 Å². The highest BCUT2D eigenvalue weighted by Gasteiger charge is 2.13. The van der Waals surface area contributed by atoms with Crippen LogP contribution in [-0.2, 0) is 4.74 Å². The molecule has 2 aromatic carbocycles. The molecule has 0 aliphatic carbocycles. The van der Waals surface area contributed by atoms with E-state index in [1.807, 2.05) is 30.3 Å². The van der Waals surface area contributed by atoms with Gasteiger partial charge in [-0.1, -0.05) is 35.9 Å². The number of carbonyl (C=O) groups excluding carboxylic acids is 1. The normalized spacial score (nSPS) is 11.9. The molecule has 0 heterocycles. The molecule has 1 unspecified atom stereocenters. The molecule has 0 saturated heterocycles. The van der Waals surface area contributed by atoms with Gasteiger partial charge in [-0.25, -0.2) is 0 Å². The lowest BCUT2D eigenvalue weighted by Crippen LogP contribution is -2.13. The zero-order chi connectivity index (χ0) is 14.5. The summed E-state index contributed by atoms with van der Waals surface area (Å²) >= 11 is 6.03. The Morgan fingerprint density at radius 2 is 1.95 bits per heavy atom. The van der Waals surface area contributed by atoms with E-state index in [2.05, 4.69) is 5.32 Å². The highest BCUT2D eigenvalue weighted by atomic mass is 35.5. The number of rotatable bonds is 5. The maximum absolute atomic E-state index is 11.5. The molecule has 0 aliphatic heterocycles. The summed E-state index contributed by atoms with van der Waals surface area (Å²) in [6.45, 7) is 0. The van der Waals surface area contributed by atoms with E-state index in [1.54, 1.807) is 18.2 Å². The predicted molar refractivity (Wildman–Crippen MR) is 80.3 cm³/mol. The number of amides is 1. The van der Waals surface area contributed by atoms with Gasteiger partial charge in [-0.2, -0.15) is 0 Å². The van der Waals surface area contributed by atoms with E-state index in [-0.39, 0.29) is 0 Å². The average Bonchev–Trinajstić information content (AvgIpc) is 2.47. The van der Waals surface area contributed by atoms with Crippen molar-refractivity contribution in [3.63, 3.8) is 0 Å². The molecular formula is C15H15ClN2O2. The molecule has 0 saturated carbocycles. The fraction of sp³-hybridized carbons (Fsp3) is 0.133. The number of primary amides is 1. The summed E-state index contributed by atoms with van der Waals surface area (Å²) in [6.07, 6.45) is 0. The monoisotopic (exact) mass is 290 g/mol. The van der Waals surface area contributed by atoms with Crippen molar-refractivity contribution in [3.05, 3.63) is 59.7 Å². The first-order valence-electron chi connectivity index (χ1n) is 6.04. The highest BCUT2D eigenvalue weighted by molar-refractivity contribution is 6.20. The molecule has 1 atom stereocenters. The van der Waals surface area contributed by atoms with Gasteiger partial charge in [0.2, 0.25) is 0 Å². The summed E-state index contributed by atoms with van der Waals surface area (Å²) in [5, 5.41) is 3.16. The molecule has 0 aliphatic rings. The Kier molecular flexibility index (Phi) is 4.61. The number of carbonyl (C=O) groups is 1. The Morgan fingerprint density at radius 1 is 1.25 bits per heavy atom. The molecule has 5 heteroatoms. The van der Waals surface area contributed by atoms with Gasteiger partial charge in [-0.15, -0.1) is 0 Å². The molecule has 4 nitrogen and oxygen atoms in total. The van der Waals surface area contributed by atoms with Crippen molar-refractivity contribution in [3.8, 4) is 0 Å². The van der Waals surface area contributed by atoms with Gasteiger partial charge in [0.25, 0.3) is 5.91 Å². The van der Waals surface area contributed by atoms with Crippen LogP contribution in [0.1, 0.15) is 21.5 Å². The minimum atomic E-state index is -0.576. The van der Waals surface area contributed by atoms with E-state index < -0.39 is 11.5 Å². The van der Waals surface area contributed by atoms with Crippen LogP contribution in [0.15, 0.2) is 48.5 Å². The molecule has 3 N–H and O–H groups in total. The van der Waals surface area contributed by atoms with E-state index in [4.69, 9.17) is 22.1 Å². The van der Waals surface area contributed by atoms with Crippen molar-refractivity contribution in [2.75, 3.05) is 12.4 Å². The van der Waals surface area contributed by atoms with Gasteiger partial charge < -0.3 is 15.8 Å². The van der Waals surface area contributed by atoms with Crippen LogP contribution in [0.2, 0.25) is 0 Å². The van der Waals surface area contributed by atoms with Crippen LogP contribution in [0.4, 0.5) is 11.4 Å². The SMILES string of the molecule is COC(Cl)c1ccc(C(N)=O)c(Nc2ccccc2)c1. The number of para-hydroxylation sites is 1. The second-order valence-electron chi connectivity index (χ2n) is 4.21. The maximum Gasteiger partial charge on any atom is 0.250 e. The van der Waals surface area contributed by atoms with Crippen molar-refractivity contribution in [2.45, 2.75) is 5.56 Å². The zero-order valence-corrected chi connectivity index (χ0v) is 11.7. The Labute approximate surface area is 122 Å². The van der Waals surface area contributed by atoms with Crippen LogP contribution in [-0.4, -0.2) is 13.0 Å².